The Morgan fingerprint density at radius 2 is 2.25 bits per heavy atom. The molecule has 0 unspecified atom stereocenters. The molecule has 0 aliphatic heterocycles. The summed E-state index contributed by atoms with van der Waals surface area (Å²) in [6.07, 6.45) is 2.47. The second-order valence-corrected chi connectivity index (χ2v) is 4.11. The van der Waals surface area contributed by atoms with Crippen LogP contribution < -0.4 is 0 Å². The smallest absolute Gasteiger partial charge is 0.328 e. The number of hydrogen-bond acceptors (Lipinski definition) is 3. The third kappa shape index (κ3) is 2.93. The van der Waals surface area contributed by atoms with Gasteiger partial charge in [-0.2, -0.15) is 0 Å². The fraction of sp³-hybridized carbons (Fsp3) is 0.273. The van der Waals surface area contributed by atoms with E-state index in [-0.39, 0.29) is 5.91 Å². The molecule has 16 heavy (non-hydrogen) atoms. The first-order valence-corrected chi connectivity index (χ1v) is 5.68. The highest BCUT2D eigenvalue weighted by Crippen LogP contribution is 2.19. The predicted molar refractivity (Wildman–Crippen MR) is 63.6 cm³/mol. The number of nitrogens with zero attached hydrogens (tertiary/aromatic N) is 1. The summed E-state index contributed by atoms with van der Waals surface area (Å²) in [5.74, 6) is -1.10. The number of rotatable bonds is 4. The summed E-state index contributed by atoms with van der Waals surface area (Å²) in [6, 6.07) is 1.74. The van der Waals surface area contributed by atoms with Gasteiger partial charge in [0.15, 0.2) is 0 Å². The van der Waals surface area contributed by atoms with E-state index in [0.29, 0.717) is 17.0 Å². The lowest BCUT2D eigenvalue weighted by Crippen LogP contribution is -2.25. The molecule has 4 nitrogen and oxygen atoms in total. The van der Waals surface area contributed by atoms with Gasteiger partial charge in [0.05, 0.1) is 4.88 Å². The standard InChI is InChI=1S/C11H13NO3S/c1-3-12(2)11(15)10-8(6-7-16-10)4-5-9(13)14/h4-7H,3H2,1-2H3,(H,13,14). The van der Waals surface area contributed by atoms with Crippen LogP contribution in [0.25, 0.3) is 6.08 Å². The van der Waals surface area contributed by atoms with Crippen LogP contribution in [0.3, 0.4) is 0 Å². The van der Waals surface area contributed by atoms with Crippen molar-refractivity contribution in [3.63, 3.8) is 0 Å². The van der Waals surface area contributed by atoms with Gasteiger partial charge in [-0.25, -0.2) is 4.79 Å². The van der Waals surface area contributed by atoms with Crippen molar-refractivity contribution in [1.82, 2.24) is 4.90 Å². The van der Waals surface area contributed by atoms with Crippen LogP contribution in [0.2, 0.25) is 0 Å². The SMILES string of the molecule is CCN(C)C(=O)c1sccc1C=CC(=O)O. The Morgan fingerprint density at radius 1 is 1.56 bits per heavy atom. The van der Waals surface area contributed by atoms with Crippen LogP contribution >= 0.6 is 11.3 Å². The van der Waals surface area contributed by atoms with Gasteiger partial charge in [0, 0.05) is 19.7 Å². The largest absolute Gasteiger partial charge is 0.478 e. The minimum Gasteiger partial charge on any atom is -0.478 e. The number of carboxylic acids is 1. The zero-order chi connectivity index (χ0) is 12.1. The molecule has 1 heterocycles. The molecule has 0 fully saturated rings. The van der Waals surface area contributed by atoms with E-state index < -0.39 is 5.97 Å². The van der Waals surface area contributed by atoms with E-state index in [4.69, 9.17) is 5.11 Å². The maximum Gasteiger partial charge on any atom is 0.328 e. The normalized spacial score (nSPS) is 10.6. The van der Waals surface area contributed by atoms with Crippen LogP contribution in [0.1, 0.15) is 22.2 Å². The monoisotopic (exact) mass is 239 g/mol. The van der Waals surface area contributed by atoms with Crippen molar-refractivity contribution in [2.75, 3.05) is 13.6 Å². The first-order valence-electron chi connectivity index (χ1n) is 4.80. The summed E-state index contributed by atoms with van der Waals surface area (Å²) in [4.78, 5) is 24.4. The second kappa shape index (κ2) is 5.46. The molecule has 0 aliphatic rings. The van der Waals surface area contributed by atoms with Crippen LogP contribution in [0.5, 0.6) is 0 Å². The van der Waals surface area contributed by atoms with Gasteiger partial charge in [-0.15, -0.1) is 11.3 Å². The molecule has 1 aromatic heterocycles. The molecule has 0 saturated heterocycles. The first-order chi connectivity index (χ1) is 7.56. The van der Waals surface area contributed by atoms with Crippen LogP contribution in [-0.4, -0.2) is 35.5 Å². The molecule has 1 rings (SSSR count). The van der Waals surface area contributed by atoms with E-state index in [0.717, 1.165) is 6.08 Å². The first kappa shape index (κ1) is 12.4. The molecule has 0 bridgehead atoms. The minimum absolute atomic E-state index is 0.0810. The van der Waals surface area contributed by atoms with Crippen molar-refractivity contribution in [2.24, 2.45) is 0 Å². The second-order valence-electron chi connectivity index (χ2n) is 3.20. The summed E-state index contributed by atoms with van der Waals surface area (Å²) in [5.41, 5.74) is 0.651. The number of carbonyl (C=O) groups excluding carboxylic acids is 1. The lowest BCUT2D eigenvalue weighted by molar-refractivity contribution is -0.131. The maximum atomic E-state index is 11.9. The molecular formula is C11H13NO3S. The number of aliphatic carboxylic acids is 1. The maximum absolute atomic E-state index is 11.9. The van der Waals surface area contributed by atoms with Crippen molar-refractivity contribution in [3.05, 3.63) is 28.0 Å². The molecule has 0 atom stereocenters. The Hall–Kier alpha value is -1.62. The number of carbonyl (C=O) groups is 2. The van der Waals surface area contributed by atoms with Crippen molar-refractivity contribution in [2.45, 2.75) is 6.92 Å². The highest BCUT2D eigenvalue weighted by atomic mass is 32.1. The third-order valence-electron chi connectivity index (χ3n) is 2.12. The summed E-state index contributed by atoms with van der Waals surface area (Å²) in [7, 11) is 1.72. The number of amides is 1. The highest BCUT2D eigenvalue weighted by Gasteiger charge is 2.14. The molecule has 1 aromatic rings. The zero-order valence-electron chi connectivity index (χ0n) is 9.14. The molecule has 0 saturated carbocycles. The van der Waals surface area contributed by atoms with Gasteiger partial charge in [0.1, 0.15) is 0 Å². The molecule has 0 radical (unpaired) electrons. The summed E-state index contributed by atoms with van der Waals surface area (Å²) in [5, 5.41) is 10.3. The highest BCUT2D eigenvalue weighted by molar-refractivity contribution is 7.12. The van der Waals surface area contributed by atoms with E-state index in [1.54, 1.807) is 23.4 Å². The lowest BCUT2D eigenvalue weighted by Gasteiger charge is -2.13. The molecule has 1 N–H and O–H groups in total. The lowest BCUT2D eigenvalue weighted by atomic mass is 10.2. The topological polar surface area (TPSA) is 57.6 Å². The van der Waals surface area contributed by atoms with Gasteiger partial charge in [0.2, 0.25) is 0 Å². The van der Waals surface area contributed by atoms with E-state index in [9.17, 15) is 9.59 Å². The van der Waals surface area contributed by atoms with E-state index in [1.807, 2.05) is 6.92 Å². The Bertz CT molecular complexity index is 423. The minimum atomic E-state index is -1.02. The van der Waals surface area contributed by atoms with Crippen LogP contribution in [0.15, 0.2) is 17.5 Å². The summed E-state index contributed by atoms with van der Waals surface area (Å²) in [6.45, 7) is 2.51. The molecule has 5 heteroatoms. The van der Waals surface area contributed by atoms with E-state index in [1.165, 1.54) is 17.4 Å². The van der Waals surface area contributed by atoms with Crippen LogP contribution in [0, 0.1) is 0 Å². The third-order valence-corrected chi connectivity index (χ3v) is 3.03. The van der Waals surface area contributed by atoms with Gasteiger partial charge in [-0.05, 0) is 30.0 Å². The molecule has 0 aromatic carbocycles. The van der Waals surface area contributed by atoms with Crippen LogP contribution in [-0.2, 0) is 4.79 Å². The fourth-order valence-corrected chi connectivity index (χ4v) is 1.98. The average Bonchev–Trinajstić information content (AvgIpc) is 2.72. The van der Waals surface area contributed by atoms with Gasteiger partial charge in [0.25, 0.3) is 5.91 Å². The van der Waals surface area contributed by atoms with Crippen LogP contribution in [0.4, 0.5) is 0 Å². The number of carboxylic acid groups (broad SMARTS) is 1. The average molecular weight is 239 g/mol. The Morgan fingerprint density at radius 3 is 2.81 bits per heavy atom. The summed E-state index contributed by atoms with van der Waals surface area (Å²) < 4.78 is 0. The molecular weight excluding hydrogens is 226 g/mol. The van der Waals surface area contributed by atoms with Crippen molar-refractivity contribution in [3.8, 4) is 0 Å². The predicted octanol–water partition coefficient (Wildman–Crippen LogP) is 1.94. The Labute approximate surface area is 97.8 Å². The van der Waals surface area contributed by atoms with E-state index in [2.05, 4.69) is 0 Å². The van der Waals surface area contributed by atoms with Crippen molar-refractivity contribution >= 4 is 29.3 Å². The molecule has 86 valence electrons. The fourth-order valence-electron chi connectivity index (χ4n) is 1.10. The zero-order valence-corrected chi connectivity index (χ0v) is 9.95. The summed E-state index contributed by atoms with van der Waals surface area (Å²) >= 11 is 1.32. The number of thiophene rings is 1. The Kier molecular flexibility index (Phi) is 4.25. The van der Waals surface area contributed by atoms with Gasteiger partial charge >= 0.3 is 5.97 Å². The van der Waals surface area contributed by atoms with Crippen molar-refractivity contribution in [1.29, 1.82) is 0 Å². The number of hydrogen-bond donors (Lipinski definition) is 1. The quantitative estimate of drug-likeness (QED) is 0.817. The van der Waals surface area contributed by atoms with Gasteiger partial charge in [-0.3, -0.25) is 4.79 Å². The van der Waals surface area contributed by atoms with Gasteiger partial charge < -0.3 is 10.0 Å². The van der Waals surface area contributed by atoms with E-state index >= 15 is 0 Å². The Balaban J connectivity index is 2.94. The van der Waals surface area contributed by atoms with Gasteiger partial charge in [-0.1, -0.05) is 0 Å². The molecule has 0 aliphatic carbocycles. The molecule has 1 amide bonds. The van der Waals surface area contributed by atoms with Crippen molar-refractivity contribution < 1.29 is 14.7 Å². The molecule has 0 spiro atoms.